The molecule has 5 nitrogen and oxygen atoms in total. The second kappa shape index (κ2) is 6.22. The van der Waals surface area contributed by atoms with Crippen LogP contribution in [0.15, 0.2) is 47.5 Å². The molecule has 0 aliphatic heterocycles. The van der Waals surface area contributed by atoms with E-state index in [0.717, 1.165) is 5.56 Å². The van der Waals surface area contributed by atoms with Gasteiger partial charge in [-0.3, -0.25) is 0 Å². The molecule has 0 radical (unpaired) electrons. The minimum Gasteiger partial charge on any atom is -0.441 e. The lowest BCUT2D eigenvalue weighted by Gasteiger charge is -2.10. The molecular weight excluding hydrogens is 266 g/mol. The van der Waals surface area contributed by atoms with Crippen molar-refractivity contribution in [1.29, 1.82) is 0 Å². The number of sulfonamides is 1. The standard InChI is InChI=1S/C13H15NO4S/c1-4-5-11(3)18-13(15)14-19(16,17)12-8-6-10(2)7-9-12/h5-9,11H,1H2,2-3H3,(H,14,15). The highest BCUT2D eigenvalue weighted by atomic mass is 32.2. The molecule has 0 aromatic heterocycles. The van der Waals surface area contributed by atoms with Crippen LogP contribution in [-0.2, 0) is 14.8 Å². The molecule has 0 saturated carbocycles. The fourth-order valence-electron chi connectivity index (χ4n) is 1.28. The molecule has 1 amide bonds. The summed E-state index contributed by atoms with van der Waals surface area (Å²) in [4.78, 5) is 11.4. The Hall–Kier alpha value is -2.04. The Morgan fingerprint density at radius 1 is 1.42 bits per heavy atom. The Kier molecular flexibility index (Phi) is 4.92. The molecule has 0 fully saturated rings. The smallest absolute Gasteiger partial charge is 0.421 e. The van der Waals surface area contributed by atoms with Gasteiger partial charge in [-0.25, -0.2) is 17.9 Å². The fraction of sp³-hybridized carbons (Fsp3) is 0.231. The summed E-state index contributed by atoms with van der Waals surface area (Å²) in [5.41, 5.74) is 3.37. The highest BCUT2D eigenvalue weighted by molar-refractivity contribution is 7.90. The van der Waals surface area contributed by atoms with Crippen LogP contribution in [0.25, 0.3) is 0 Å². The van der Waals surface area contributed by atoms with Crippen molar-refractivity contribution in [3.05, 3.63) is 48.2 Å². The molecular formula is C13H15NO4S. The predicted molar refractivity (Wildman–Crippen MR) is 71.2 cm³/mol. The number of rotatable bonds is 4. The molecule has 0 saturated heterocycles. The van der Waals surface area contributed by atoms with Gasteiger partial charge in [-0.15, -0.1) is 5.73 Å². The van der Waals surface area contributed by atoms with Gasteiger partial charge in [0, 0.05) is 0 Å². The molecule has 0 aliphatic carbocycles. The van der Waals surface area contributed by atoms with E-state index in [0.29, 0.717) is 0 Å². The maximum absolute atomic E-state index is 11.8. The van der Waals surface area contributed by atoms with Gasteiger partial charge in [-0.1, -0.05) is 24.3 Å². The lowest BCUT2D eigenvalue weighted by Crippen LogP contribution is -2.32. The van der Waals surface area contributed by atoms with E-state index < -0.39 is 22.2 Å². The van der Waals surface area contributed by atoms with E-state index in [1.54, 1.807) is 19.1 Å². The van der Waals surface area contributed by atoms with Crippen molar-refractivity contribution in [2.24, 2.45) is 0 Å². The topological polar surface area (TPSA) is 72.5 Å². The molecule has 1 rings (SSSR count). The molecule has 0 bridgehead atoms. The zero-order valence-electron chi connectivity index (χ0n) is 10.7. The molecule has 1 aromatic rings. The van der Waals surface area contributed by atoms with Crippen LogP contribution in [0.4, 0.5) is 4.79 Å². The Morgan fingerprint density at radius 2 is 2.00 bits per heavy atom. The molecule has 102 valence electrons. The van der Waals surface area contributed by atoms with Crippen molar-refractivity contribution in [3.8, 4) is 0 Å². The summed E-state index contributed by atoms with van der Waals surface area (Å²) in [6, 6.07) is 6.11. The summed E-state index contributed by atoms with van der Waals surface area (Å²) in [6.45, 7) is 6.73. The van der Waals surface area contributed by atoms with Crippen molar-refractivity contribution in [2.75, 3.05) is 0 Å². The van der Waals surface area contributed by atoms with Gasteiger partial charge in [0.15, 0.2) is 0 Å². The zero-order chi connectivity index (χ0) is 14.5. The molecule has 1 N–H and O–H groups in total. The molecule has 19 heavy (non-hydrogen) atoms. The van der Waals surface area contributed by atoms with Gasteiger partial charge in [0.1, 0.15) is 6.10 Å². The summed E-state index contributed by atoms with van der Waals surface area (Å²) >= 11 is 0. The third-order valence-corrected chi connectivity index (χ3v) is 3.52. The molecule has 0 heterocycles. The van der Waals surface area contributed by atoms with Crippen molar-refractivity contribution in [3.63, 3.8) is 0 Å². The molecule has 0 spiro atoms. The summed E-state index contributed by atoms with van der Waals surface area (Å²) < 4.78 is 30.3. The average Bonchev–Trinajstić information content (AvgIpc) is 2.28. The van der Waals surface area contributed by atoms with Gasteiger partial charge in [0.05, 0.1) is 4.90 Å². The molecule has 6 heteroatoms. The average molecular weight is 281 g/mol. The SMILES string of the molecule is C=C=CC(C)OC(=O)NS(=O)(=O)c1ccc(C)cc1. The zero-order valence-corrected chi connectivity index (χ0v) is 11.5. The summed E-state index contributed by atoms with van der Waals surface area (Å²) in [5, 5.41) is 0. The number of carbonyl (C=O) groups is 1. The van der Waals surface area contributed by atoms with Crippen LogP contribution in [0.5, 0.6) is 0 Å². The highest BCUT2D eigenvalue weighted by Gasteiger charge is 2.19. The van der Waals surface area contributed by atoms with Crippen LogP contribution in [0.2, 0.25) is 0 Å². The first-order valence-corrected chi connectivity index (χ1v) is 6.99. The van der Waals surface area contributed by atoms with Crippen LogP contribution in [0.1, 0.15) is 12.5 Å². The number of hydrogen-bond acceptors (Lipinski definition) is 4. The van der Waals surface area contributed by atoms with E-state index in [1.165, 1.54) is 18.2 Å². The van der Waals surface area contributed by atoms with Gasteiger partial charge in [0.2, 0.25) is 0 Å². The quantitative estimate of drug-likeness (QED) is 0.858. The minimum atomic E-state index is -3.91. The second-order valence-corrected chi connectivity index (χ2v) is 5.58. The van der Waals surface area contributed by atoms with Crippen LogP contribution in [0.3, 0.4) is 0 Å². The monoisotopic (exact) mass is 281 g/mol. The van der Waals surface area contributed by atoms with E-state index >= 15 is 0 Å². The molecule has 1 atom stereocenters. The van der Waals surface area contributed by atoms with Crippen molar-refractivity contribution < 1.29 is 17.9 Å². The Morgan fingerprint density at radius 3 is 2.53 bits per heavy atom. The van der Waals surface area contributed by atoms with E-state index in [2.05, 4.69) is 12.3 Å². The predicted octanol–water partition coefficient (Wildman–Crippen LogP) is 2.14. The molecule has 1 unspecified atom stereocenters. The first kappa shape index (κ1) is 15.0. The molecule has 1 aromatic carbocycles. The Bertz CT molecular complexity index is 598. The number of benzene rings is 1. The van der Waals surface area contributed by atoms with Gasteiger partial charge >= 0.3 is 6.09 Å². The number of ether oxygens (including phenoxy) is 1. The normalized spacial score (nSPS) is 12.1. The molecule has 0 aliphatic rings. The van der Waals surface area contributed by atoms with Crippen molar-refractivity contribution in [2.45, 2.75) is 24.8 Å². The Balaban J connectivity index is 2.77. The van der Waals surface area contributed by atoms with Crippen LogP contribution < -0.4 is 4.72 Å². The first-order valence-electron chi connectivity index (χ1n) is 5.51. The van der Waals surface area contributed by atoms with Crippen molar-refractivity contribution in [1.82, 2.24) is 4.72 Å². The highest BCUT2D eigenvalue weighted by Crippen LogP contribution is 2.10. The van der Waals surface area contributed by atoms with E-state index in [4.69, 9.17) is 4.74 Å². The Labute approximate surface area is 112 Å². The lowest BCUT2D eigenvalue weighted by atomic mass is 10.2. The largest absolute Gasteiger partial charge is 0.441 e. The second-order valence-electron chi connectivity index (χ2n) is 3.90. The van der Waals surface area contributed by atoms with Crippen LogP contribution in [-0.4, -0.2) is 20.6 Å². The summed E-state index contributed by atoms with van der Waals surface area (Å²) in [6.07, 6.45) is -0.247. The van der Waals surface area contributed by atoms with Crippen molar-refractivity contribution >= 4 is 16.1 Å². The minimum absolute atomic E-state index is 0.00182. The van der Waals surface area contributed by atoms with Crippen LogP contribution in [0, 0.1) is 6.92 Å². The van der Waals surface area contributed by atoms with E-state index in [9.17, 15) is 13.2 Å². The van der Waals surface area contributed by atoms with Crippen LogP contribution >= 0.6 is 0 Å². The maximum Gasteiger partial charge on any atom is 0.421 e. The fourth-order valence-corrected chi connectivity index (χ4v) is 2.16. The van der Waals surface area contributed by atoms with Gasteiger partial charge < -0.3 is 4.74 Å². The van der Waals surface area contributed by atoms with Gasteiger partial charge in [0.25, 0.3) is 10.0 Å². The third-order valence-electron chi connectivity index (χ3n) is 2.19. The number of nitrogens with one attached hydrogen (secondary N) is 1. The summed E-state index contributed by atoms with van der Waals surface area (Å²) in [5.74, 6) is 0. The number of hydrogen-bond donors (Lipinski definition) is 1. The van der Waals surface area contributed by atoms with Gasteiger partial charge in [-0.2, -0.15) is 0 Å². The van der Waals surface area contributed by atoms with E-state index in [1.807, 2.05) is 11.6 Å². The maximum atomic E-state index is 11.8. The first-order chi connectivity index (χ1) is 8.85. The lowest BCUT2D eigenvalue weighted by molar-refractivity contribution is 0.133. The van der Waals surface area contributed by atoms with Gasteiger partial charge in [-0.05, 0) is 32.1 Å². The number of carbonyl (C=O) groups excluding carboxylic acids is 1. The third kappa shape index (κ3) is 4.62. The van der Waals surface area contributed by atoms with E-state index in [-0.39, 0.29) is 4.90 Å². The summed E-state index contributed by atoms with van der Waals surface area (Å²) in [7, 11) is -3.91. The number of amides is 1. The number of aryl methyl sites for hydroxylation is 1.